The van der Waals surface area contributed by atoms with Crippen LogP contribution in [0.5, 0.6) is 0 Å². The van der Waals surface area contributed by atoms with Crippen LogP contribution in [-0.4, -0.2) is 12.1 Å². The summed E-state index contributed by atoms with van der Waals surface area (Å²) in [6.07, 6.45) is -9.05. The lowest BCUT2D eigenvalue weighted by Gasteiger charge is -2.18. The van der Waals surface area contributed by atoms with Crippen LogP contribution in [0.3, 0.4) is 0 Å². The summed E-state index contributed by atoms with van der Waals surface area (Å²) >= 11 is 5.08. The largest absolute Gasteiger partial charge is 0.431 e. The third-order valence-corrected chi connectivity index (χ3v) is 4.68. The lowest BCUT2D eigenvalue weighted by molar-refractivity contribution is -0.243. The Kier molecular flexibility index (Phi) is 5.28. The highest BCUT2D eigenvalue weighted by atomic mass is 35.5. The van der Waals surface area contributed by atoms with E-state index >= 15 is 0 Å². The predicted octanol–water partition coefficient (Wildman–Crippen LogP) is 5.65. The van der Waals surface area contributed by atoms with Gasteiger partial charge in [0.05, 0.1) is 5.92 Å². The first-order valence-corrected chi connectivity index (χ1v) is 7.67. The fourth-order valence-corrected chi connectivity index (χ4v) is 2.82. The molecule has 1 aromatic carbocycles. The van der Waals surface area contributed by atoms with E-state index in [9.17, 15) is 39.9 Å². The Balaban J connectivity index is 2.23. The van der Waals surface area contributed by atoms with Crippen molar-refractivity contribution in [3.05, 3.63) is 46.3 Å². The van der Waals surface area contributed by atoms with E-state index in [4.69, 9.17) is 11.6 Å². The number of rotatable bonds is 4. The van der Waals surface area contributed by atoms with E-state index in [2.05, 4.69) is 4.74 Å². The van der Waals surface area contributed by atoms with E-state index in [1.807, 2.05) is 0 Å². The molecule has 0 spiro atoms. The van der Waals surface area contributed by atoms with Gasteiger partial charge in [-0.2, -0.15) is 22.0 Å². The van der Waals surface area contributed by atoms with Crippen LogP contribution in [-0.2, 0) is 15.6 Å². The number of carbonyl (C=O) groups is 1. The number of halogens is 9. The number of allylic oxidation sites excluding steroid dienone is 2. The Morgan fingerprint density at radius 2 is 1.67 bits per heavy atom. The highest BCUT2D eigenvalue weighted by Gasteiger charge is 2.63. The molecule has 0 heterocycles. The quantitative estimate of drug-likeness (QED) is 0.356. The van der Waals surface area contributed by atoms with Gasteiger partial charge >= 0.3 is 18.3 Å². The van der Waals surface area contributed by atoms with E-state index < -0.39 is 63.6 Å². The summed E-state index contributed by atoms with van der Waals surface area (Å²) in [5.41, 5.74) is -2.92. The molecule has 11 heteroatoms. The molecule has 1 aliphatic carbocycles. The Hall–Kier alpha value is -1.84. The summed E-state index contributed by atoms with van der Waals surface area (Å²) in [5.74, 6) is -10.4. The zero-order chi connectivity index (χ0) is 20.9. The van der Waals surface area contributed by atoms with Crippen molar-refractivity contribution >= 4 is 17.6 Å². The first-order valence-electron chi connectivity index (χ1n) is 7.30. The van der Waals surface area contributed by atoms with Gasteiger partial charge in [-0.15, -0.1) is 0 Å². The zero-order valence-electron chi connectivity index (χ0n) is 13.6. The normalized spacial score (nSPS) is 22.6. The van der Waals surface area contributed by atoms with Crippen LogP contribution in [0.2, 0.25) is 0 Å². The molecule has 0 N–H and O–H groups in total. The van der Waals surface area contributed by atoms with Gasteiger partial charge in [0.25, 0.3) is 0 Å². The average Bonchev–Trinajstić information content (AvgIpc) is 3.04. The second-order valence-electron chi connectivity index (χ2n) is 6.50. The van der Waals surface area contributed by atoms with E-state index in [1.165, 1.54) is 13.8 Å². The molecule has 0 radical (unpaired) electrons. The van der Waals surface area contributed by atoms with Crippen molar-refractivity contribution in [2.45, 2.75) is 26.1 Å². The SMILES string of the molecule is CC1(C)[C@H](C=C(Cl)C(F)(F)F)[C@H]1C(=O)OC(F)(F)c1ccc(F)c(F)c1F. The van der Waals surface area contributed by atoms with Gasteiger partial charge in [0, 0.05) is 0 Å². The number of carbonyl (C=O) groups excluding carboxylic acids is 1. The van der Waals surface area contributed by atoms with Crippen LogP contribution >= 0.6 is 11.6 Å². The molecule has 1 aromatic rings. The molecule has 2 nitrogen and oxygen atoms in total. The topological polar surface area (TPSA) is 26.3 Å². The minimum atomic E-state index is -4.88. The zero-order valence-corrected chi connectivity index (χ0v) is 14.4. The molecule has 2 rings (SSSR count). The highest BCUT2D eigenvalue weighted by Crippen LogP contribution is 2.61. The lowest BCUT2D eigenvalue weighted by Crippen LogP contribution is -2.26. The molecule has 0 amide bonds. The minimum Gasteiger partial charge on any atom is -0.397 e. The molecule has 1 saturated carbocycles. The summed E-state index contributed by atoms with van der Waals surface area (Å²) < 4.78 is 109. The summed E-state index contributed by atoms with van der Waals surface area (Å²) in [4.78, 5) is 12.0. The second-order valence-corrected chi connectivity index (χ2v) is 6.91. The Labute approximate surface area is 152 Å². The van der Waals surface area contributed by atoms with E-state index in [0.717, 1.165) is 0 Å². The van der Waals surface area contributed by atoms with Crippen molar-refractivity contribution in [2.75, 3.05) is 0 Å². The van der Waals surface area contributed by atoms with Crippen LogP contribution in [0.15, 0.2) is 23.2 Å². The monoisotopic (exact) mass is 422 g/mol. The second kappa shape index (κ2) is 6.65. The molecule has 0 bridgehead atoms. The van der Waals surface area contributed by atoms with Gasteiger partial charge in [0.15, 0.2) is 17.5 Å². The number of hydrogen-bond acceptors (Lipinski definition) is 2. The molecule has 27 heavy (non-hydrogen) atoms. The molecular formula is C16H11ClF8O2. The molecule has 1 fully saturated rings. The number of ether oxygens (including phenoxy) is 1. The maximum atomic E-state index is 14.0. The predicted molar refractivity (Wildman–Crippen MR) is 77.1 cm³/mol. The van der Waals surface area contributed by atoms with Gasteiger partial charge in [0.1, 0.15) is 10.6 Å². The number of benzene rings is 1. The summed E-state index contributed by atoms with van der Waals surface area (Å²) in [5, 5.41) is -1.53. The number of hydrogen-bond donors (Lipinski definition) is 0. The first kappa shape index (κ1) is 21.5. The first-order chi connectivity index (χ1) is 12.1. The van der Waals surface area contributed by atoms with Crippen LogP contribution in [0.4, 0.5) is 35.1 Å². The molecule has 2 atom stereocenters. The average molecular weight is 423 g/mol. The van der Waals surface area contributed by atoms with Crippen LogP contribution < -0.4 is 0 Å². The number of esters is 1. The van der Waals surface area contributed by atoms with Crippen LogP contribution in [0.1, 0.15) is 19.4 Å². The van der Waals surface area contributed by atoms with Crippen molar-refractivity contribution in [1.29, 1.82) is 0 Å². The molecule has 1 aliphatic rings. The Morgan fingerprint density at radius 1 is 1.11 bits per heavy atom. The maximum Gasteiger partial charge on any atom is 0.431 e. The molecular weight excluding hydrogens is 412 g/mol. The van der Waals surface area contributed by atoms with Gasteiger partial charge in [-0.1, -0.05) is 31.5 Å². The van der Waals surface area contributed by atoms with Crippen molar-refractivity contribution in [3.63, 3.8) is 0 Å². The smallest absolute Gasteiger partial charge is 0.397 e. The summed E-state index contributed by atoms with van der Waals surface area (Å²) in [6.45, 7) is 2.63. The van der Waals surface area contributed by atoms with E-state index in [-0.39, 0.29) is 12.1 Å². The lowest BCUT2D eigenvalue weighted by atomic mass is 10.1. The van der Waals surface area contributed by atoms with Gasteiger partial charge in [-0.25, -0.2) is 13.2 Å². The fourth-order valence-electron chi connectivity index (χ4n) is 2.69. The summed E-state index contributed by atoms with van der Waals surface area (Å²) in [7, 11) is 0. The molecule has 0 saturated heterocycles. The Morgan fingerprint density at radius 3 is 2.19 bits per heavy atom. The third kappa shape index (κ3) is 4.04. The van der Waals surface area contributed by atoms with E-state index in [1.54, 1.807) is 0 Å². The molecule has 150 valence electrons. The Bertz CT molecular complexity index is 800. The molecule has 0 aliphatic heterocycles. The van der Waals surface area contributed by atoms with Gasteiger partial charge in [0.2, 0.25) is 0 Å². The molecule has 0 aromatic heterocycles. The van der Waals surface area contributed by atoms with Crippen molar-refractivity contribution in [1.82, 2.24) is 0 Å². The van der Waals surface area contributed by atoms with Gasteiger partial charge in [-0.05, 0) is 23.5 Å². The van der Waals surface area contributed by atoms with Gasteiger partial charge in [-0.3, -0.25) is 4.79 Å². The van der Waals surface area contributed by atoms with Crippen molar-refractivity contribution in [3.8, 4) is 0 Å². The van der Waals surface area contributed by atoms with Crippen molar-refractivity contribution < 1.29 is 44.7 Å². The maximum absolute atomic E-state index is 14.0. The standard InChI is InChI=1S/C16H11ClF8O2/c1-14(2)7(5-9(17)15(21,22)23)10(14)13(26)27-16(24,25)6-3-4-8(18)12(20)11(6)19/h3-5,7,10H,1-2H3/t7-,10+/m1/s1. The van der Waals surface area contributed by atoms with Crippen LogP contribution in [0.25, 0.3) is 0 Å². The number of alkyl halides is 5. The highest BCUT2D eigenvalue weighted by molar-refractivity contribution is 6.30. The third-order valence-electron chi connectivity index (χ3n) is 4.34. The van der Waals surface area contributed by atoms with E-state index in [0.29, 0.717) is 6.08 Å². The van der Waals surface area contributed by atoms with Crippen molar-refractivity contribution in [2.24, 2.45) is 17.3 Å². The minimum absolute atomic E-state index is 0.191. The van der Waals surface area contributed by atoms with Crippen LogP contribution in [0, 0.1) is 34.7 Å². The molecule has 0 unspecified atom stereocenters. The van der Waals surface area contributed by atoms with Gasteiger partial charge < -0.3 is 4.74 Å². The fraction of sp³-hybridized carbons (Fsp3) is 0.438. The summed E-state index contributed by atoms with van der Waals surface area (Å²) in [6, 6.07) is 0.405.